The van der Waals surface area contributed by atoms with Crippen molar-refractivity contribution in [2.24, 2.45) is 0 Å². The third kappa shape index (κ3) is 3.73. The van der Waals surface area contributed by atoms with E-state index in [1.54, 1.807) is 0 Å². The van der Waals surface area contributed by atoms with Gasteiger partial charge in [-0.15, -0.1) is 0 Å². The lowest BCUT2D eigenvalue weighted by molar-refractivity contribution is 0.225. The van der Waals surface area contributed by atoms with Crippen molar-refractivity contribution in [1.29, 1.82) is 0 Å². The predicted molar refractivity (Wildman–Crippen MR) is 71.8 cm³/mol. The van der Waals surface area contributed by atoms with Crippen LogP contribution in [0.5, 0.6) is 0 Å². The summed E-state index contributed by atoms with van der Waals surface area (Å²) >= 11 is 2.15. The van der Waals surface area contributed by atoms with Gasteiger partial charge in [0.05, 0.1) is 12.9 Å². The number of hydrogen-bond donors (Lipinski definition) is 0. The molecule has 0 spiro atoms. The third-order valence-electron chi connectivity index (χ3n) is 3.80. The highest BCUT2D eigenvalue weighted by molar-refractivity contribution is 8.00. The standard InChI is InChI=1S/C14H24OS/c1-14(8-4-5-11-16-14)9-10-15-12-13-6-2-3-7-13/h12H,2-11H2,1H3. The van der Waals surface area contributed by atoms with Gasteiger partial charge in [-0.05, 0) is 56.3 Å². The van der Waals surface area contributed by atoms with Gasteiger partial charge in [-0.3, -0.25) is 0 Å². The van der Waals surface area contributed by atoms with Crippen LogP contribution in [0.4, 0.5) is 0 Å². The van der Waals surface area contributed by atoms with E-state index in [0.717, 1.165) is 6.61 Å². The average molecular weight is 240 g/mol. The van der Waals surface area contributed by atoms with Crippen LogP contribution in [0, 0.1) is 0 Å². The van der Waals surface area contributed by atoms with Crippen LogP contribution in [0.15, 0.2) is 11.8 Å². The first kappa shape index (κ1) is 12.3. The van der Waals surface area contributed by atoms with Gasteiger partial charge in [-0.2, -0.15) is 11.8 Å². The second kappa shape index (κ2) is 6.00. The van der Waals surface area contributed by atoms with Gasteiger partial charge in [0.25, 0.3) is 0 Å². The summed E-state index contributed by atoms with van der Waals surface area (Å²) in [5.74, 6) is 1.34. The molecular weight excluding hydrogens is 216 g/mol. The Kier molecular flexibility index (Phi) is 4.63. The molecule has 1 nitrogen and oxygen atoms in total. The zero-order valence-electron chi connectivity index (χ0n) is 10.5. The van der Waals surface area contributed by atoms with E-state index in [0.29, 0.717) is 4.75 Å². The van der Waals surface area contributed by atoms with Crippen molar-refractivity contribution >= 4 is 11.8 Å². The molecule has 16 heavy (non-hydrogen) atoms. The number of rotatable bonds is 4. The molecule has 2 rings (SSSR count). The lowest BCUT2D eigenvalue weighted by Crippen LogP contribution is -2.25. The highest BCUT2D eigenvalue weighted by Crippen LogP contribution is 2.38. The highest BCUT2D eigenvalue weighted by atomic mass is 32.2. The second-order valence-corrected chi connectivity index (χ2v) is 7.04. The lowest BCUT2D eigenvalue weighted by atomic mass is 9.99. The highest BCUT2D eigenvalue weighted by Gasteiger charge is 2.27. The lowest BCUT2D eigenvalue weighted by Gasteiger charge is -2.32. The van der Waals surface area contributed by atoms with E-state index in [9.17, 15) is 0 Å². The zero-order valence-corrected chi connectivity index (χ0v) is 11.3. The molecule has 0 bridgehead atoms. The van der Waals surface area contributed by atoms with Gasteiger partial charge in [0.1, 0.15) is 0 Å². The molecular formula is C14H24OS. The van der Waals surface area contributed by atoms with Crippen molar-refractivity contribution in [3.05, 3.63) is 11.8 Å². The molecule has 1 saturated carbocycles. The van der Waals surface area contributed by atoms with E-state index in [1.807, 2.05) is 6.26 Å². The molecule has 0 N–H and O–H groups in total. The Labute approximate surface area is 104 Å². The first-order valence-electron chi connectivity index (χ1n) is 6.72. The van der Waals surface area contributed by atoms with Crippen molar-refractivity contribution in [2.75, 3.05) is 12.4 Å². The molecule has 92 valence electrons. The Morgan fingerprint density at radius 3 is 2.75 bits per heavy atom. The molecule has 0 radical (unpaired) electrons. The van der Waals surface area contributed by atoms with Gasteiger partial charge < -0.3 is 4.74 Å². The SMILES string of the molecule is CC1(CCOC=C2CCCC2)CCCCS1. The number of allylic oxidation sites excluding steroid dienone is 1. The van der Waals surface area contributed by atoms with Crippen molar-refractivity contribution in [3.63, 3.8) is 0 Å². The number of thioether (sulfide) groups is 1. The largest absolute Gasteiger partial charge is 0.501 e. The maximum absolute atomic E-state index is 5.71. The summed E-state index contributed by atoms with van der Waals surface area (Å²) in [6.07, 6.45) is 12.7. The van der Waals surface area contributed by atoms with Crippen molar-refractivity contribution in [1.82, 2.24) is 0 Å². The summed E-state index contributed by atoms with van der Waals surface area (Å²) in [5.41, 5.74) is 1.53. The van der Waals surface area contributed by atoms with Crippen molar-refractivity contribution in [2.45, 2.75) is 63.0 Å². The molecule has 1 atom stereocenters. The van der Waals surface area contributed by atoms with Crippen molar-refractivity contribution in [3.8, 4) is 0 Å². The third-order valence-corrected chi connectivity index (χ3v) is 5.39. The Balaban J connectivity index is 1.64. The summed E-state index contributed by atoms with van der Waals surface area (Å²) in [6.45, 7) is 3.32. The molecule has 1 aliphatic carbocycles. The summed E-state index contributed by atoms with van der Waals surface area (Å²) in [7, 11) is 0. The van der Waals surface area contributed by atoms with Gasteiger partial charge in [0.15, 0.2) is 0 Å². The molecule has 0 aromatic heterocycles. The smallest absolute Gasteiger partial charge is 0.0886 e. The minimum Gasteiger partial charge on any atom is -0.501 e. The Bertz CT molecular complexity index is 233. The molecule has 1 saturated heterocycles. The molecule has 0 aromatic carbocycles. The van der Waals surface area contributed by atoms with Crippen LogP contribution in [0.25, 0.3) is 0 Å². The van der Waals surface area contributed by atoms with Crippen molar-refractivity contribution < 1.29 is 4.74 Å². The number of ether oxygens (including phenoxy) is 1. The second-order valence-electron chi connectivity index (χ2n) is 5.36. The molecule has 2 heteroatoms. The maximum atomic E-state index is 5.71. The minimum absolute atomic E-state index is 0.492. The fourth-order valence-corrected chi connectivity index (χ4v) is 3.95. The molecule has 0 amide bonds. The first-order chi connectivity index (χ1) is 7.79. The summed E-state index contributed by atoms with van der Waals surface area (Å²) in [4.78, 5) is 0. The Morgan fingerprint density at radius 2 is 2.06 bits per heavy atom. The Morgan fingerprint density at radius 1 is 1.25 bits per heavy atom. The van der Waals surface area contributed by atoms with Crippen LogP contribution in [0.3, 0.4) is 0 Å². The number of hydrogen-bond acceptors (Lipinski definition) is 2. The van der Waals surface area contributed by atoms with E-state index < -0.39 is 0 Å². The molecule has 0 aromatic rings. The van der Waals surface area contributed by atoms with E-state index >= 15 is 0 Å². The van der Waals surface area contributed by atoms with Crippen LogP contribution >= 0.6 is 11.8 Å². The van der Waals surface area contributed by atoms with E-state index in [-0.39, 0.29) is 0 Å². The fourth-order valence-electron chi connectivity index (χ4n) is 2.59. The van der Waals surface area contributed by atoms with Crippen LogP contribution < -0.4 is 0 Å². The summed E-state index contributed by atoms with van der Waals surface area (Å²) in [6, 6.07) is 0. The zero-order chi connectivity index (χ0) is 11.3. The predicted octanol–water partition coefficient (Wildman–Crippen LogP) is 4.53. The van der Waals surface area contributed by atoms with Gasteiger partial charge in [0, 0.05) is 4.75 Å². The first-order valence-corrected chi connectivity index (χ1v) is 7.71. The molecule has 1 aliphatic heterocycles. The normalized spacial score (nSPS) is 30.4. The van der Waals surface area contributed by atoms with Crippen LogP contribution in [-0.2, 0) is 4.74 Å². The monoisotopic (exact) mass is 240 g/mol. The average Bonchev–Trinajstić information content (AvgIpc) is 2.78. The molecule has 2 fully saturated rings. The summed E-state index contributed by atoms with van der Waals surface area (Å²) < 4.78 is 6.20. The van der Waals surface area contributed by atoms with Crippen LogP contribution in [0.2, 0.25) is 0 Å². The van der Waals surface area contributed by atoms with Gasteiger partial charge >= 0.3 is 0 Å². The van der Waals surface area contributed by atoms with Crippen LogP contribution in [-0.4, -0.2) is 17.1 Å². The van der Waals surface area contributed by atoms with Gasteiger partial charge in [0.2, 0.25) is 0 Å². The van der Waals surface area contributed by atoms with Gasteiger partial charge in [-0.25, -0.2) is 0 Å². The quantitative estimate of drug-likeness (QED) is 0.527. The Hall–Kier alpha value is -0.110. The molecule has 2 aliphatic rings. The topological polar surface area (TPSA) is 9.23 Å². The van der Waals surface area contributed by atoms with Crippen LogP contribution in [0.1, 0.15) is 58.3 Å². The van der Waals surface area contributed by atoms with E-state index in [1.165, 1.54) is 62.7 Å². The van der Waals surface area contributed by atoms with E-state index in [2.05, 4.69) is 18.7 Å². The fraction of sp³-hybridized carbons (Fsp3) is 0.857. The summed E-state index contributed by atoms with van der Waals surface area (Å²) in [5, 5.41) is 0. The molecule has 1 heterocycles. The molecule has 1 unspecified atom stereocenters. The van der Waals surface area contributed by atoms with Gasteiger partial charge in [-0.1, -0.05) is 13.3 Å². The minimum atomic E-state index is 0.492. The maximum Gasteiger partial charge on any atom is 0.0886 e. The van der Waals surface area contributed by atoms with E-state index in [4.69, 9.17) is 4.74 Å².